The van der Waals surface area contributed by atoms with Crippen molar-refractivity contribution in [3.63, 3.8) is 0 Å². The maximum atomic E-state index is 13.0. The van der Waals surface area contributed by atoms with Crippen LogP contribution in [0.15, 0.2) is 46.9 Å². The molecule has 0 saturated carbocycles. The molecular weight excluding hydrogens is 331 g/mol. The van der Waals surface area contributed by atoms with Crippen LogP contribution in [0.1, 0.15) is 28.3 Å². The molecule has 2 aromatic rings. The summed E-state index contributed by atoms with van der Waals surface area (Å²) in [5.74, 6) is 0. The summed E-state index contributed by atoms with van der Waals surface area (Å²) in [5, 5.41) is 0. The molecule has 0 spiro atoms. The Bertz CT molecular complexity index is 623. The zero-order chi connectivity index (χ0) is 14.9. The van der Waals surface area contributed by atoms with E-state index >= 15 is 0 Å². The summed E-state index contributed by atoms with van der Waals surface area (Å²) in [4.78, 5) is 0. The fourth-order valence-corrected chi connectivity index (χ4v) is 2.82. The van der Waals surface area contributed by atoms with Crippen molar-refractivity contribution in [2.75, 3.05) is 0 Å². The molecule has 2 N–H and O–H groups in total. The SMILES string of the molecule is Cc1ccc(C(N)c2ccccc2C(F)(F)F)c(Br)c1. The first kappa shape index (κ1) is 15.1. The molecule has 0 radical (unpaired) electrons. The van der Waals surface area contributed by atoms with Crippen molar-refractivity contribution < 1.29 is 13.2 Å². The second kappa shape index (κ2) is 5.58. The summed E-state index contributed by atoms with van der Waals surface area (Å²) in [5.41, 5.74) is 7.06. The van der Waals surface area contributed by atoms with Gasteiger partial charge in [-0.05, 0) is 35.7 Å². The number of hydrogen-bond donors (Lipinski definition) is 1. The first-order chi connectivity index (χ1) is 9.30. The normalized spacial score (nSPS) is 13.3. The van der Waals surface area contributed by atoms with E-state index in [1.807, 2.05) is 19.1 Å². The van der Waals surface area contributed by atoms with E-state index in [0.29, 0.717) is 10.0 Å². The number of rotatable bonds is 2. The van der Waals surface area contributed by atoms with Crippen LogP contribution in [0.5, 0.6) is 0 Å². The van der Waals surface area contributed by atoms with Gasteiger partial charge in [-0.25, -0.2) is 0 Å². The number of aryl methyl sites for hydroxylation is 1. The minimum Gasteiger partial charge on any atom is -0.320 e. The zero-order valence-electron chi connectivity index (χ0n) is 10.7. The number of alkyl halides is 3. The van der Waals surface area contributed by atoms with E-state index in [0.717, 1.165) is 11.6 Å². The number of hydrogen-bond acceptors (Lipinski definition) is 1. The highest BCUT2D eigenvalue weighted by Gasteiger charge is 2.34. The Morgan fingerprint density at radius 1 is 1.05 bits per heavy atom. The zero-order valence-corrected chi connectivity index (χ0v) is 12.3. The van der Waals surface area contributed by atoms with Gasteiger partial charge in [0.2, 0.25) is 0 Å². The van der Waals surface area contributed by atoms with Crippen molar-refractivity contribution >= 4 is 15.9 Å². The smallest absolute Gasteiger partial charge is 0.320 e. The third kappa shape index (κ3) is 3.04. The fourth-order valence-electron chi connectivity index (χ4n) is 2.08. The lowest BCUT2D eigenvalue weighted by atomic mass is 9.94. The molecule has 1 atom stereocenters. The van der Waals surface area contributed by atoms with Gasteiger partial charge in [0.05, 0.1) is 11.6 Å². The van der Waals surface area contributed by atoms with Crippen LogP contribution in [-0.4, -0.2) is 0 Å². The third-order valence-corrected chi connectivity index (χ3v) is 3.78. The van der Waals surface area contributed by atoms with Crippen LogP contribution < -0.4 is 5.73 Å². The van der Waals surface area contributed by atoms with Gasteiger partial charge in [0, 0.05) is 4.47 Å². The highest BCUT2D eigenvalue weighted by Crippen LogP contribution is 2.37. The molecule has 0 aliphatic heterocycles. The minimum atomic E-state index is -4.41. The van der Waals surface area contributed by atoms with Crippen molar-refractivity contribution in [3.05, 3.63) is 69.2 Å². The van der Waals surface area contributed by atoms with Crippen molar-refractivity contribution in [1.29, 1.82) is 0 Å². The van der Waals surface area contributed by atoms with Crippen molar-refractivity contribution in [3.8, 4) is 0 Å². The van der Waals surface area contributed by atoms with Gasteiger partial charge in [-0.1, -0.05) is 46.3 Å². The predicted molar refractivity (Wildman–Crippen MR) is 76.4 cm³/mol. The maximum Gasteiger partial charge on any atom is 0.416 e. The summed E-state index contributed by atoms with van der Waals surface area (Å²) in [6, 6.07) is 9.98. The number of benzene rings is 2. The molecule has 0 aliphatic carbocycles. The molecule has 0 amide bonds. The van der Waals surface area contributed by atoms with Gasteiger partial charge >= 0.3 is 6.18 Å². The summed E-state index contributed by atoms with van der Waals surface area (Å²) in [6.45, 7) is 1.91. The van der Waals surface area contributed by atoms with Crippen LogP contribution in [0.25, 0.3) is 0 Å². The minimum absolute atomic E-state index is 0.0737. The molecule has 106 valence electrons. The van der Waals surface area contributed by atoms with Crippen molar-refractivity contribution in [1.82, 2.24) is 0 Å². The monoisotopic (exact) mass is 343 g/mol. The topological polar surface area (TPSA) is 26.0 Å². The molecule has 1 unspecified atom stereocenters. The van der Waals surface area contributed by atoms with E-state index in [1.165, 1.54) is 12.1 Å². The average Bonchev–Trinajstić information content (AvgIpc) is 2.37. The Kier molecular flexibility index (Phi) is 4.20. The Hall–Kier alpha value is -1.33. The highest BCUT2D eigenvalue weighted by molar-refractivity contribution is 9.10. The molecule has 2 rings (SSSR count). The molecule has 2 aromatic carbocycles. The molecule has 0 bridgehead atoms. The average molecular weight is 344 g/mol. The van der Waals surface area contributed by atoms with Gasteiger partial charge in [0.1, 0.15) is 0 Å². The molecular formula is C15H13BrF3N. The lowest BCUT2D eigenvalue weighted by molar-refractivity contribution is -0.138. The maximum absolute atomic E-state index is 13.0. The summed E-state index contributed by atoms with van der Waals surface area (Å²) in [7, 11) is 0. The molecule has 1 nitrogen and oxygen atoms in total. The Morgan fingerprint density at radius 2 is 1.70 bits per heavy atom. The molecule has 0 saturated heterocycles. The Labute approximate surface area is 123 Å². The van der Waals surface area contributed by atoms with E-state index in [2.05, 4.69) is 15.9 Å². The van der Waals surface area contributed by atoms with E-state index < -0.39 is 17.8 Å². The van der Waals surface area contributed by atoms with Crippen molar-refractivity contribution in [2.45, 2.75) is 19.1 Å². The lowest BCUT2D eigenvalue weighted by Gasteiger charge is -2.19. The van der Waals surface area contributed by atoms with Crippen LogP contribution in [0.2, 0.25) is 0 Å². The molecule has 20 heavy (non-hydrogen) atoms. The first-order valence-corrected chi connectivity index (χ1v) is 6.77. The second-order valence-electron chi connectivity index (χ2n) is 4.59. The molecule has 0 aliphatic rings. The molecule has 0 fully saturated rings. The van der Waals surface area contributed by atoms with Crippen LogP contribution in [0.3, 0.4) is 0 Å². The largest absolute Gasteiger partial charge is 0.416 e. The van der Waals surface area contributed by atoms with Gasteiger partial charge < -0.3 is 5.73 Å². The quantitative estimate of drug-likeness (QED) is 0.830. The molecule has 0 aromatic heterocycles. The van der Waals surface area contributed by atoms with Crippen LogP contribution in [0.4, 0.5) is 13.2 Å². The standard InChI is InChI=1S/C15H13BrF3N/c1-9-6-7-11(13(16)8-9)14(20)10-4-2-3-5-12(10)15(17,18)19/h2-8,14H,20H2,1H3. The lowest BCUT2D eigenvalue weighted by Crippen LogP contribution is -2.18. The van der Waals surface area contributed by atoms with Crippen LogP contribution in [-0.2, 0) is 6.18 Å². The molecule has 0 heterocycles. The summed E-state index contributed by atoms with van der Waals surface area (Å²) >= 11 is 3.36. The summed E-state index contributed by atoms with van der Waals surface area (Å²) in [6.07, 6.45) is -4.41. The predicted octanol–water partition coefficient (Wildman–Crippen LogP) is 4.82. The van der Waals surface area contributed by atoms with Crippen molar-refractivity contribution in [2.24, 2.45) is 5.73 Å². The molecule has 5 heteroatoms. The van der Waals surface area contributed by atoms with Gasteiger partial charge in [-0.15, -0.1) is 0 Å². The number of nitrogens with two attached hydrogens (primary N) is 1. The van der Waals surface area contributed by atoms with E-state index in [4.69, 9.17) is 5.73 Å². The summed E-state index contributed by atoms with van der Waals surface area (Å²) < 4.78 is 39.8. The number of halogens is 4. The van der Waals surface area contributed by atoms with Gasteiger partial charge in [-0.3, -0.25) is 0 Å². The third-order valence-electron chi connectivity index (χ3n) is 3.09. The highest BCUT2D eigenvalue weighted by atomic mass is 79.9. The van der Waals surface area contributed by atoms with E-state index in [1.54, 1.807) is 12.1 Å². The fraction of sp³-hybridized carbons (Fsp3) is 0.200. The Balaban J connectivity index is 2.51. The van der Waals surface area contributed by atoms with Crippen LogP contribution >= 0.6 is 15.9 Å². The van der Waals surface area contributed by atoms with Gasteiger partial charge in [0.15, 0.2) is 0 Å². The van der Waals surface area contributed by atoms with Crippen LogP contribution in [0, 0.1) is 6.92 Å². The van der Waals surface area contributed by atoms with Gasteiger partial charge in [-0.2, -0.15) is 13.2 Å². The second-order valence-corrected chi connectivity index (χ2v) is 5.44. The van der Waals surface area contributed by atoms with E-state index in [-0.39, 0.29) is 5.56 Å². The Morgan fingerprint density at radius 3 is 2.30 bits per heavy atom. The van der Waals surface area contributed by atoms with Gasteiger partial charge in [0.25, 0.3) is 0 Å². The van der Waals surface area contributed by atoms with E-state index in [9.17, 15) is 13.2 Å². The first-order valence-electron chi connectivity index (χ1n) is 5.98.